The van der Waals surface area contributed by atoms with Crippen molar-refractivity contribution >= 4 is 29.2 Å². The summed E-state index contributed by atoms with van der Waals surface area (Å²) in [6.07, 6.45) is 2.87. The van der Waals surface area contributed by atoms with Crippen LogP contribution < -0.4 is 10.2 Å². The highest BCUT2D eigenvalue weighted by Gasteiger charge is 2.42. The maximum Gasteiger partial charge on any atom is 0.307 e. The van der Waals surface area contributed by atoms with Gasteiger partial charge in [-0.25, -0.2) is 0 Å². The molecule has 2 atom stereocenters. The van der Waals surface area contributed by atoms with Crippen molar-refractivity contribution in [2.45, 2.75) is 44.9 Å². The molecule has 1 fully saturated rings. The first-order valence-corrected chi connectivity index (χ1v) is 8.70. The molecule has 3 rings (SSSR count). The number of carbonyl (C=O) groups is 3. The van der Waals surface area contributed by atoms with E-state index in [1.165, 1.54) is 0 Å². The summed E-state index contributed by atoms with van der Waals surface area (Å²) in [6, 6.07) is 5.42. The molecule has 0 aromatic heterocycles. The third-order valence-corrected chi connectivity index (χ3v) is 5.56. The third kappa shape index (κ3) is 2.90. The number of hydrogen-bond donors (Lipinski definition) is 2. The molecule has 6 heteroatoms. The average molecular weight is 344 g/mol. The second-order valence-electron chi connectivity index (χ2n) is 7.55. The summed E-state index contributed by atoms with van der Waals surface area (Å²) in [6.45, 7) is 3.73. The van der Waals surface area contributed by atoms with Gasteiger partial charge in [0.15, 0.2) is 0 Å². The Morgan fingerprint density at radius 3 is 2.48 bits per heavy atom. The monoisotopic (exact) mass is 344 g/mol. The molecule has 0 unspecified atom stereocenters. The van der Waals surface area contributed by atoms with Crippen molar-refractivity contribution in [2.75, 3.05) is 17.3 Å². The summed E-state index contributed by atoms with van der Waals surface area (Å²) in [5.74, 6) is -2.25. The van der Waals surface area contributed by atoms with Gasteiger partial charge in [0.1, 0.15) is 0 Å². The van der Waals surface area contributed by atoms with E-state index >= 15 is 0 Å². The van der Waals surface area contributed by atoms with E-state index in [1.807, 2.05) is 26.0 Å². The Bertz CT molecular complexity index is 741. The van der Waals surface area contributed by atoms with Crippen LogP contribution in [0.2, 0.25) is 0 Å². The number of nitrogens with zero attached hydrogens (tertiary/aromatic N) is 1. The largest absolute Gasteiger partial charge is 0.481 e. The van der Waals surface area contributed by atoms with E-state index in [-0.39, 0.29) is 11.8 Å². The standard InChI is InChI=1S/C19H24N2O4/c1-19(2)14-10-11(8-9-15(14)21(3)18(19)25)20-16(22)12-6-4-5-7-13(12)17(23)24/h8-10,12-13H,4-7H2,1-3H3,(H,20,22)(H,23,24)/t12-,13+/m1/s1. The van der Waals surface area contributed by atoms with Crippen LogP contribution in [0.3, 0.4) is 0 Å². The van der Waals surface area contributed by atoms with Crippen LogP contribution in [0, 0.1) is 11.8 Å². The van der Waals surface area contributed by atoms with Gasteiger partial charge in [-0.15, -0.1) is 0 Å². The molecule has 0 radical (unpaired) electrons. The van der Waals surface area contributed by atoms with Crippen molar-refractivity contribution in [2.24, 2.45) is 11.8 Å². The van der Waals surface area contributed by atoms with E-state index in [0.717, 1.165) is 24.1 Å². The van der Waals surface area contributed by atoms with Crippen LogP contribution in [0.1, 0.15) is 45.1 Å². The van der Waals surface area contributed by atoms with Gasteiger partial charge in [0.2, 0.25) is 11.8 Å². The predicted molar refractivity (Wildman–Crippen MR) is 94.6 cm³/mol. The van der Waals surface area contributed by atoms with Crippen molar-refractivity contribution in [1.82, 2.24) is 0 Å². The highest BCUT2D eigenvalue weighted by molar-refractivity contribution is 6.08. The summed E-state index contributed by atoms with van der Waals surface area (Å²) in [4.78, 5) is 38.0. The summed E-state index contributed by atoms with van der Waals surface area (Å²) < 4.78 is 0. The molecule has 2 N–H and O–H groups in total. The molecule has 1 aliphatic carbocycles. The number of benzene rings is 1. The highest BCUT2D eigenvalue weighted by Crippen LogP contribution is 2.42. The molecule has 25 heavy (non-hydrogen) atoms. The number of rotatable bonds is 3. The number of carboxylic acids is 1. The number of nitrogens with one attached hydrogen (secondary N) is 1. The molecule has 6 nitrogen and oxygen atoms in total. The van der Waals surface area contributed by atoms with Crippen LogP contribution >= 0.6 is 0 Å². The predicted octanol–water partition coefficient (Wildman–Crippen LogP) is 2.77. The summed E-state index contributed by atoms with van der Waals surface area (Å²) >= 11 is 0. The lowest BCUT2D eigenvalue weighted by Crippen LogP contribution is -2.36. The molecule has 1 aromatic carbocycles. The number of carboxylic acid groups (broad SMARTS) is 1. The van der Waals surface area contributed by atoms with E-state index < -0.39 is 23.2 Å². The normalized spacial score (nSPS) is 24.8. The lowest BCUT2D eigenvalue weighted by Gasteiger charge is -2.27. The Morgan fingerprint density at radius 1 is 1.20 bits per heavy atom. The smallest absolute Gasteiger partial charge is 0.307 e. The van der Waals surface area contributed by atoms with Crippen LogP contribution in [0.4, 0.5) is 11.4 Å². The molecule has 1 heterocycles. The van der Waals surface area contributed by atoms with Crippen molar-refractivity contribution in [3.63, 3.8) is 0 Å². The van der Waals surface area contributed by atoms with Crippen molar-refractivity contribution < 1.29 is 19.5 Å². The van der Waals surface area contributed by atoms with Gasteiger partial charge < -0.3 is 15.3 Å². The maximum atomic E-state index is 12.6. The van der Waals surface area contributed by atoms with Crippen LogP contribution in [-0.4, -0.2) is 29.9 Å². The number of fused-ring (bicyclic) bond motifs is 1. The highest BCUT2D eigenvalue weighted by atomic mass is 16.4. The van der Waals surface area contributed by atoms with E-state index in [0.29, 0.717) is 18.5 Å². The molecule has 0 saturated heterocycles. The summed E-state index contributed by atoms with van der Waals surface area (Å²) in [7, 11) is 1.74. The zero-order chi connectivity index (χ0) is 18.4. The van der Waals surface area contributed by atoms with Gasteiger partial charge >= 0.3 is 5.97 Å². The first kappa shape index (κ1) is 17.5. The molecule has 1 saturated carbocycles. The minimum absolute atomic E-state index is 0.0178. The lowest BCUT2D eigenvalue weighted by atomic mass is 9.78. The number of anilines is 2. The Labute approximate surface area is 147 Å². The maximum absolute atomic E-state index is 12.6. The number of likely N-dealkylation sites (N-methyl/N-ethyl adjacent to an activating group) is 1. The third-order valence-electron chi connectivity index (χ3n) is 5.56. The van der Waals surface area contributed by atoms with Crippen molar-refractivity contribution in [3.8, 4) is 0 Å². The fourth-order valence-corrected chi connectivity index (χ4v) is 4.03. The first-order chi connectivity index (χ1) is 11.7. The van der Waals surface area contributed by atoms with E-state index in [4.69, 9.17) is 0 Å². The Morgan fingerprint density at radius 2 is 1.84 bits per heavy atom. The molecular formula is C19H24N2O4. The zero-order valence-corrected chi connectivity index (χ0v) is 14.8. The number of hydrogen-bond acceptors (Lipinski definition) is 3. The zero-order valence-electron chi connectivity index (χ0n) is 14.8. The summed E-state index contributed by atoms with van der Waals surface area (Å²) in [5.41, 5.74) is 1.68. The second-order valence-corrected chi connectivity index (χ2v) is 7.55. The Hall–Kier alpha value is -2.37. The van der Waals surface area contributed by atoms with Crippen LogP contribution in [-0.2, 0) is 19.8 Å². The Kier molecular flexibility index (Phi) is 4.31. The van der Waals surface area contributed by atoms with Crippen LogP contribution in [0.5, 0.6) is 0 Å². The van der Waals surface area contributed by atoms with Gasteiger partial charge in [0.25, 0.3) is 0 Å². The van der Waals surface area contributed by atoms with Gasteiger partial charge in [-0.05, 0) is 50.5 Å². The van der Waals surface area contributed by atoms with Crippen molar-refractivity contribution in [3.05, 3.63) is 23.8 Å². The van der Waals surface area contributed by atoms with Gasteiger partial charge in [-0.3, -0.25) is 14.4 Å². The SMILES string of the molecule is CN1C(=O)C(C)(C)c2cc(NC(=O)[C@@H]3CCCC[C@@H]3C(=O)O)ccc21. The minimum atomic E-state index is -0.901. The van der Waals surface area contributed by atoms with E-state index in [9.17, 15) is 19.5 Å². The molecule has 1 aliphatic heterocycles. The van der Waals surface area contributed by atoms with Gasteiger partial charge in [0.05, 0.1) is 17.3 Å². The molecule has 134 valence electrons. The quantitative estimate of drug-likeness (QED) is 0.883. The number of amides is 2. The molecule has 0 bridgehead atoms. The molecular weight excluding hydrogens is 320 g/mol. The molecule has 1 aromatic rings. The van der Waals surface area contributed by atoms with Gasteiger partial charge in [-0.2, -0.15) is 0 Å². The first-order valence-electron chi connectivity index (χ1n) is 8.70. The summed E-state index contributed by atoms with van der Waals surface area (Å²) in [5, 5.41) is 12.2. The molecule has 0 spiro atoms. The Balaban J connectivity index is 1.83. The van der Waals surface area contributed by atoms with E-state index in [1.54, 1.807) is 18.0 Å². The van der Waals surface area contributed by atoms with E-state index in [2.05, 4.69) is 5.32 Å². The second kappa shape index (κ2) is 6.17. The number of carbonyl (C=O) groups excluding carboxylic acids is 2. The average Bonchev–Trinajstić information content (AvgIpc) is 2.75. The molecule has 2 aliphatic rings. The lowest BCUT2D eigenvalue weighted by molar-refractivity contribution is -0.147. The number of aliphatic carboxylic acids is 1. The molecule has 2 amide bonds. The van der Waals surface area contributed by atoms with Crippen LogP contribution in [0.25, 0.3) is 0 Å². The van der Waals surface area contributed by atoms with Crippen molar-refractivity contribution in [1.29, 1.82) is 0 Å². The fraction of sp³-hybridized carbons (Fsp3) is 0.526. The van der Waals surface area contributed by atoms with Gasteiger partial charge in [-0.1, -0.05) is 12.8 Å². The van der Waals surface area contributed by atoms with Crippen LogP contribution in [0.15, 0.2) is 18.2 Å². The topological polar surface area (TPSA) is 86.7 Å². The van der Waals surface area contributed by atoms with Gasteiger partial charge in [0, 0.05) is 18.4 Å². The minimum Gasteiger partial charge on any atom is -0.481 e. The fourth-order valence-electron chi connectivity index (χ4n) is 4.03.